The van der Waals surface area contributed by atoms with Crippen molar-refractivity contribution in [1.82, 2.24) is 0 Å². The van der Waals surface area contributed by atoms with E-state index >= 15 is 0 Å². The first kappa shape index (κ1) is 12.0. The average Bonchev–Trinajstić information content (AvgIpc) is 2.29. The molecule has 1 aromatic carbocycles. The molecule has 0 saturated heterocycles. The standard InChI is InChI=1S/C11H11ClO5/c1-4-9(13)5-3-6(16-2)8(12)10(14)7(5)11(15)17-4/h3-4,9,13-14H,1-2H3/t4-,9+/m1/s1. The first-order chi connectivity index (χ1) is 7.97. The molecule has 0 fully saturated rings. The van der Waals surface area contributed by atoms with Gasteiger partial charge in [-0.3, -0.25) is 0 Å². The molecule has 5 nitrogen and oxygen atoms in total. The molecule has 92 valence electrons. The fourth-order valence-electron chi connectivity index (χ4n) is 1.78. The van der Waals surface area contributed by atoms with Crippen molar-refractivity contribution in [3.8, 4) is 11.5 Å². The lowest BCUT2D eigenvalue weighted by molar-refractivity contribution is -0.0217. The lowest BCUT2D eigenvalue weighted by atomic mass is 9.95. The molecule has 0 aromatic heterocycles. The van der Waals surface area contributed by atoms with E-state index in [-0.39, 0.29) is 21.9 Å². The van der Waals surface area contributed by atoms with E-state index in [0.29, 0.717) is 0 Å². The van der Waals surface area contributed by atoms with Gasteiger partial charge in [0.15, 0.2) is 5.75 Å². The van der Waals surface area contributed by atoms with Gasteiger partial charge in [-0.25, -0.2) is 4.79 Å². The first-order valence-corrected chi connectivity index (χ1v) is 5.33. The van der Waals surface area contributed by atoms with Crippen molar-refractivity contribution in [2.75, 3.05) is 7.11 Å². The molecule has 0 radical (unpaired) electrons. The number of fused-ring (bicyclic) bond motifs is 1. The minimum Gasteiger partial charge on any atom is -0.505 e. The monoisotopic (exact) mass is 258 g/mol. The first-order valence-electron chi connectivity index (χ1n) is 4.95. The normalized spacial score (nSPS) is 22.9. The predicted octanol–water partition coefficient (Wildman–Crippen LogP) is 1.65. The minimum absolute atomic E-state index is 0.0787. The second-order valence-electron chi connectivity index (χ2n) is 3.76. The van der Waals surface area contributed by atoms with Crippen molar-refractivity contribution in [2.24, 2.45) is 0 Å². The van der Waals surface area contributed by atoms with Gasteiger partial charge in [0.05, 0.1) is 7.11 Å². The second-order valence-corrected chi connectivity index (χ2v) is 4.14. The lowest BCUT2D eigenvalue weighted by Crippen LogP contribution is -2.30. The maximum Gasteiger partial charge on any atom is 0.342 e. The van der Waals surface area contributed by atoms with Crippen LogP contribution >= 0.6 is 11.6 Å². The predicted molar refractivity (Wildman–Crippen MR) is 59.5 cm³/mol. The number of phenols is 1. The van der Waals surface area contributed by atoms with Gasteiger partial charge in [-0.2, -0.15) is 0 Å². The largest absolute Gasteiger partial charge is 0.505 e. The molecule has 0 unspecified atom stereocenters. The fourth-order valence-corrected chi connectivity index (χ4v) is 2.01. The summed E-state index contributed by atoms with van der Waals surface area (Å²) >= 11 is 5.82. The molecule has 1 aliphatic rings. The zero-order valence-corrected chi connectivity index (χ0v) is 9.99. The summed E-state index contributed by atoms with van der Waals surface area (Å²) in [5.41, 5.74) is 0.147. The number of carbonyl (C=O) groups is 1. The molecule has 2 rings (SSSR count). The highest BCUT2D eigenvalue weighted by atomic mass is 35.5. The zero-order chi connectivity index (χ0) is 12.7. The van der Waals surface area contributed by atoms with E-state index in [1.54, 1.807) is 6.92 Å². The molecule has 17 heavy (non-hydrogen) atoms. The topological polar surface area (TPSA) is 76.0 Å². The Labute approximate surface area is 103 Å². The van der Waals surface area contributed by atoms with Crippen LogP contribution in [0, 0.1) is 0 Å². The number of methoxy groups -OCH3 is 1. The Kier molecular flexibility index (Phi) is 2.89. The van der Waals surface area contributed by atoms with Gasteiger partial charge < -0.3 is 19.7 Å². The average molecular weight is 259 g/mol. The quantitative estimate of drug-likeness (QED) is 0.749. The highest BCUT2D eigenvalue weighted by molar-refractivity contribution is 6.34. The lowest BCUT2D eigenvalue weighted by Gasteiger charge is -2.28. The van der Waals surface area contributed by atoms with Crippen LogP contribution in [0.25, 0.3) is 0 Å². The molecule has 1 aromatic rings. The number of halogens is 1. The highest BCUT2D eigenvalue weighted by Crippen LogP contribution is 2.43. The number of hydrogen-bond acceptors (Lipinski definition) is 5. The van der Waals surface area contributed by atoms with Crippen molar-refractivity contribution in [1.29, 1.82) is 0 Å². The molecular weight excluding hydrogens is 248 g/mol. The highest BCUT2D eigenvalue weighted by Gasteiger charge is 2.36. The minimum atomic E-state index is -1.01. The summed E-state index contributed by atoms with van der Waals surface area (Å²) in [6.45, 7) is 1.56. The molecular formula is C11H11ClO5. The van der Waals surface area contributed by atoms with Crippen LogP contribution in [0.5, 0.6) is 11.5 Å². The Morgan fingerprint density at radius 1 is 1.53 bits per heavy atom. The molecule has 0 amide bonds. The molecule has 2 atom stereocenters. The van der Waals surface area contributed by atoms with E-state index < -0.39 is 23.9 Å². The van der Waals surface area contributed by atoms with Gasteiger partial charge in [-0.05, 0) is 13.0 Å². The molecule has 1 aliphatic heterocycles. The number of cyclic esters (lactones) is 1. The van der Waals surface area contributed by atoms with Crippen LogP contribution in [0.1, 0.15) is 28.9 Å². The van der Waals surface area contributed by atoms with Crippen LogP contribution in [-0.2, 0) is 4.74 Å². The van der Waals surface area contributed by atoms with Gasteiger partial charge in [0.2, 0.25) is 0 Å². The number of aromatic hydroxyl groups is 1. The van der Waals surface area contributed by atoms with Crippen molar-refractivity contribution in [3.05, 3.63) is 22.2 Å². The van der Waals surface area contributed by atoms with Crippen LogP contribution in [0.4, 0.5) is 0 Å². The third kappa shape index (κ3) is 1.71. The Morgan fingerprint density at radius 2 is 2.18 bits per heavy atom. The summed E-state index contributed by atoms with van der Waals surface area (Å²) in [6, 6.07) is 1.43. The Hall–Kier alpha value is -1.46. The number of hydrogen-bond donors (Lipinski definition) is 2. The van der Waals surface area contributed by atoms with Gasteiger partial charge in [-0.15, -0.1) is 0 Å². The van der Waals surface area contributed by atoms with Crippen LogP contribution in [0.2, 0.25) is 5.02 Å². The molecule has 2 N–H and O–H groups in total. The maximum atomic E-state index is 11.6. The second kappa shape index (κ2) is 4.09. The fraction of sp³-hybridized carbons (Fsp3) is 0.364. The van der Waals surface area contributed by atoms with Crippen molar-refractivity contribution >= 4 is 17.6 Å². The number of ether oxygens (including phenoxy) is 2. The van der Waals surface area contributed by atoms with Gasteiger partial charge in [0.1, 0.15) is 28.5 Å². The van der Waals surface area contributed by atoms with Gasteiger partial charge in [0, 0.05) is 5.56 Å². The summed E-state index contributed by atoms with van der Waals surface area (Å²) in [5, 5.41) is 19.6. The number of aliphatic hydroxyl groups is 1. The van der Waals surface area contributed by atoms with E-state index in [0.717, 1.165) is 0 Å². The molecule has 0 spiro atoms. The zero-order valence-electron chi connectivity index (χ0n) is 9.23. The van der Waals surface area contributed by atoms with E-state index in [2.05, 4.69) is 0 Å². The van der Waals surface area contributed by atoms with Gasteiger partial charge >= 0.3 is 5.97 Å². The van der Waals surface area contributed by atoms with Crippen molar-refractivity contribution in [2.45, 2.75) is 19.1 Å². The Balaban J connectivity index is 2.70. The number of esters is 1. The van der Waals surface area contributed by atoms with E-state index in [1.165, 1.54) is 13.2 Å². The maximum absolute atomic E-state index is 11.6. The summed E-state index contributed by atoms with van der Waals surface area (Å²) in [4.78, 5) is 11.6. The van der Waals surface area contributed by atoms with Crippen LogP contribution in [0.3, 0.4) is 0 Å². The summed E-state index contributed by atoms with van der Waals surface area (Å²) < 4.78 is 9.84. The van der Waals surface area contributed by atoms with Crippen molar-refractivity contribution in [3.63, 3.8) is 0 Å². The molecule has 6 heteroatoms. The third-order valence-electron chi connectivity index (χ3n) is 2.72. The summed E-state index contributed by atoms with van der Waals surface area (Å²) in [7, 11) is 1.38. The van der Waals surface area contributed by atoms with Gasteiger partial charge in [-0.1, -0.05) is 11.6 Å². The third-order valence-corrected chi connectivity index (χ3v) is 3.08. The SMILES string of the molecule is COc1cc2c(c(O)c1Cl)C(=O)O[C@H](C)[C@@H]2O. The number of benzene rings is 1. The van der Waals surface area contributed by atoms with E-state index in [4.69, 9.17) is 21.1 Å². The van der Waals surface area contributed by atoms with Crippen molar-refractivity contribution < 1.29 is 24.5 Å². The van der Waals surface area contributed by atoms with E-state index in [1.807, 2.05) is 0 Å². The summed E-state index contributed by atoms with van der Waals surface area (Å²) in [5.74, 6) is -0.944. The summed E-state index contributed by atoms with van der Waals surface area (Å²) in [6.07, 6.45) is -1.69. The number of phenolic OH excluding ortho intramolecular Hbond substituents is 1. The van der Waals surface area contributed by atoms with Gasteiger partial charge in [0.25, 0.3) is 0 Å². The van der Waals surface area contributed by atoms with Crippen LogP contribution < -0.4 is 4.74 Å². The number of rotatable bonds is 1. The van der Waals surface area contributed by atoms with Crippen LogP contribution in [0.15, 0.2) is 6.07 Å². The molecule has 0 saturated carbocycles. The molecule has 0 bridgehead atoms. The Bertz CT molecular complexity index is 485. The number of aliphatic hydroxyl groups excluding tert-OH is 1. The smallest absolute Gasteiger partial charge is 0.342 e. The molecule has 0 aliphatic carbocycles. The van der Waals surface area contributed by atoms with E-state index in [9.17, 15) is 15.0 Å². The Morgan fingerprint density at radius 3 is 2.76 bits per heavy atom. The van der Waals surface area contributed by atoms with Crippen LogP contribution in [-0.4, -0.2) is 29.4 Å². The molecule has 1 heterocycles. The number of carbonyl (C=O) groups excluding carboxylic acids is 1.